The van der Waals surface area contributed by atoms with E-state index < -0.39 is 0 Å². The van der Waals surface area contributed by atoms with Gasteiger partial charge in [0, 0.05) is 10.5 Å². The van der Waals surface area contributed by atoms with Crippen LogP contribution in [0.25, 0.3) is 0 Å². The molecule has 2 rings (SSSR count). The Hall–Kier alpha value is -0.380. The predicted octanol–water partition coefficient (Wildman–Crippen LogP) is 3.89. The highest BCUT2D eigenvalue weighted by Gasteiger charge is 2.27. The molecule has 0 radical (unpaired) electrons. The SMILES string of the molecule is CCCNC1CCCC1OCc1ccccc1Br. The highest BCUT2D eigenvalue weighted by molar-refractivity contribution is 9.10. The van der Waals surface area contributed by atoms with Crippen LogP contribution in [0, 0.1) is 0 Å². The molecule has 2 atom stereocenters. The first-order chi connectivity index (χ1) is 8.81. The summed E-state index contributed by atoms with van der Waals surface area (Å²) in [6.45, 7) is 4.01. The Bertz CT molecular complexity index is 369. The lowest BCUT2D eigenvalue weighted by molar-refractivity contribution is 0.0277. The van der Waals surface area contributed by atoms with Crippen LogP contribution in [0.4, 0.5) is 0 Å². The summed E-state index contributed by atoms with van der Waals surface area (Å²) < 4.78 is 7.23. The zero-order valence-electron chi connectivity index (χ0n) is 11.0. The molecule has 0 aliphatic heterocycles. The molecule has 100 valence electrons. The monoisotopic (exact) mass is 311 g/mol. The van der Waals surface area contributed by atoms with Crippen molar-refractivity contribution in [3.63, 3.8) is 0 Å². The average molecular weight is 312 g/mol. The van der Waals surface area contributed by atoms with E-state index in [0.29, 0.717) is 18.8 Å². The van der Waals surface area contributed by atoms with Gasteiger partial charge in [-0.15, -0.1) is 0 Å². The first kappa shape index (κ1) is 14.0. The molecule has 0 saturated heterocycles. The van der Waals surface area contributed by atoms with Crippen molar-refractivity contribution >= 4 is 15.9 Å². The molecule has 1 aliphatic carbocycles. The van der Waals surface area contributed by atoms with E-state index in [1.807, 2.05) is 6.07 Å². The van der Waals surface area contributed by atoms with Gasteiger partial charge in [0.1, 0.15) is 0 Å². The van der Waals surface area contributed by atoms with Crippen molar-refractivity contribution in [2.45, 2.75) is 51.4 Å². The van der Waals surface area contributed by atoms with Crippen molar-refractivity contribution in [1.82, 2.24) is 5.32 Å². The van der Waals surface area contributed by atoms with Crippen LogP contribution in [-0.4, -0.2) is 18.7 Å². The Morgan fingerprint density at radius 3 is 2.94 bits per heavy atom. The zero-order chi connectivity index (χ0) is 12.8. The fraction of sp³-hybridized carbons (Fsp3) is 0.600. The highest BCUT2D eigenvalue weighted by atomic mass is 79.9. The molecular formula is C15H22BrNO. The zero-order valence-corrected chi connectivity index (χ0v) is 12.6. The first-order valence-corrected chi connectivity index (χ1v) is 7.69. The Morgan fingerprint density at radius 2 is 2.17 bits per heavy atom. The number of halogens is 1. The third kappa shape index (κ3) is 3.81. The van der Waals surface area contributed by atoms with Crippen LogP contribution >= 0.6 is 15.9 Å². The van der Waals surface area contributed by atoms with E-state index in [4.69, 9.17) is 4.74 Å². The van der Waals surface area contributed by atoms with Crippen LogP contribution in [-0.2, 0) is 11.3 Å². The number of hydrogen-bond acceptors (Lipinski definition) is 2. The van der Waals surface area contributed by atoms with Crippen molar-refractivity contribution in [3.8, 4) is 0 Å². The lowest BCUT2D eigenvalue weighted by Crippen LogP contribution is -2.37. The van der Waals surface area contributed by atoms with Gasteiger partial charge in [0.15, 0.2) is 0 Å². The summed E-state index contributed by atoms with van der Waals surface area (Å²) in [6.07, 6.45) is 5.28. The molecule has 3 heteroatoms. The van der Waals surface area contributed by atoms with Crippen molar-refractivity contribution < 1.29 is 4.74 Å². The van der Waals surface area contributed by atoms with E-state index in [2.05, 4.69) is 46.4 Å². The van der Waals surface area contributed by atoms with Gasteiger partial charge in [-0.25, -0.2) is 0 Å². The summed E-state index contributed by atoms with van der Waals surface area (Å²) in [5.74, 6) is 0. The second-order valence-electron chi connectivity index (χ2n) is 4.93. The topological polar surface area (TPSA) is 21.3 Å². The largest absolute Gasteiger partial charge is 0.372 e. The minimum absolute atomic E-state index is 0.378. The Morgan fingerprint density at radius 1 is 1.33 bits per heavy atom. The summed E-state index contributed by atoms with van der Waals surface area (Å²) in [5, 5.41) is 3.60. The fourth-order valence-corrected chi connectivity index (χ4v) is 2.90. The molecule has 1 fully saturated rings. The van der Waals surface area contributed by atoms with Crippen LogP contribution in [0.5, 0.6) is 0 Å². The minimum atomic E-state index is 0.378. The smallest absolute Gasteiger partial charge is 0.0732 e. The van der Waals surface area contributed by atoms with Gasteiger partial charge >= 0.3 is 0 Å². The number of hydrogen-bond donors (Lipinski definition) is 1. The van der Waals surface area contributed by atoms with E-state index in [1.165, 1.54) is 31.2 Å². The standard InChI is InChI=1S/C15H22BrNO/c1-2-10-17-14-8-5-9-15(14)18-11-12-6-3-4-7-13(12)16/h3-4,6-7,14-15,17H,2,5,8-11H2,1H3. The van der Waals surface area contributed by atoms with E-state index in [0.717, 1.165) is 11.0 Å². The maximum absolute atomic E-state index is 6.09. The van der Waals surface area contributed by atoms with Gasteiger partial charge in [0.2, 0.25) is 0 Å². The average Bonchev–Trinajstić information content (AvgIpc) is 2.83. The molecule has 0 spiro atoms. The molecule has 1 aromatic rings. The molecule has 1 N–H and O–H groups in total. The normalized spacial score (nSPS) is 23.4. The summed E-state index contributed by atoms with van der Waals surface area (Å²) in [6, 6.07) is 8.83. The minimum Gasteiger partial charge on any atom is -0.372 e. The quantitative estimate of drug-likeness (QED) is 0.860. The Kier molecular flexibility index (Phi) is 5.67. The maximum atomic E-state index is 6.09. The second kappa shape index (κ2) is 7.27. The fourth-order valence-electron chi connectivity index (χ4n) is 2.50. The van der Waals surface area contributed by atoms with Gasteiger partial charge in [0.05, 0.1) is 12.7 Å². The van der Waals surface area contributed by atoms with Crippen LogP contribution in [0.2, 0.25) is 0 Å². The van der Waals surface area contributed by atoms with Crippen molar-refractivity contribution in [2.24, 2.45) is 0 Å². The van der Waals surface area contributed by atoms with Crippen LogP contribution < -0.4 is 5.32 Å². The van der Waals surface area contributed by atoms with Crippen LogP contribution in [0.1, 0.15) is 38.2 Å². The van der Waals surface area contributed by atoms with Crippen LogP contribution in [0.3, 0.4) is 0 Å². The van der Waals surface area contributed by atoms with E-state index in [1.54, 1.807) is 0 Å². The van der Waals surface area contributed by atoms with Gasteiger partial charge in [-0.05, 0) is 43.9 Å². The number of benzene rings is 1. The third-order valence-corrected chi connectivity index (χ3v) is 4.29. The van der Waals surface area contributed by atoms with Crippen LogP contribution in [0.15, 0.2) is 28.7 Å². The molecular weight excluding hydrogens is 290 g/mol. The maximum Gasteiger partial charge on any atom is 0.0732 e. The third-order valence-electron chi connectivity index (χ3n) is 3.52. The van der Waals surface area contributed by atoms with Gasteiger partial charge in [-0.1, -0.05) is 41.1 Å². The molecule has 2 unspecified atom stereocenters. The Labute approximate surface area is 118 Å². The van der Waals surface area contributed by atoms with Crippen molar-refractivity contribution in [2.75, 3.05) is 6.54 Å². The van der Waals surface area contributed by atoms with Gasteiger partial charge in [-0.3, -0.25) is 0 Å². The number of nitrogens with one attached hydrogen (secondary N) is 1. The van der Waals surface area contributed by atoms with Gasteiger partial charge in [0.25, 0.3) is 0 Å². The molecule has 1 saturated carbocycles. The second-order valence-corrected chi connectivity index (χ2v) is 5.79. The molecule has 0 heterocycles. The molecule has 1 aliphatic rings. The molecule has 0 aromatic heterocycles. The highest BCUT2D eigenvalue weighted by Crippen LogP contribution is 2.24. The van der Waals surface area contributed by atoms with E-state index >= 15 is 0 Å². The summed E-state index contributed by atoms with van der Waals surface area (Å²) in [4.78, 5) is 0. The predicted molar refractivity (Wildman–Crippen MR) is 78.7 cm³/mol. The number of ether oxygens (including phenoxy) is 1. The molecule has 2 nitrogen and oxygen atoms in total. The van der Waals surface area contributed by atoms with Gasteiger partial charge < -0.3 is 10.1 Å². The summed E-state index contributed by atoms with van der Waals surface area (Å²) in [7, 11) is 0. The molecule has 0 bridgehead atoms. The van der Waals surface area contributed by atoms with Crippen molar-refractivity contribution in [3.05, 3.63) is 34.3 Å². The van der Waals surface area contributed by atoms with Crippen molar-refractivity contribution in [1.29, 1.82) is 0 Å². The molecule has 0 amide bonds. The van der Waals surface area contributed by atoms with E-state index in [-0.39, 0.29) is 0 Å². The lowest BCUT2D eigenvalue weighted by Gasteiger charge is -2.21. The number of rotatable bonds is 6. The van der Waals surface area contributed by atoms with Gasteiger partial charge in [-0.2, -0.15) is 0 Å². The Balaban J connectivity index is 1.84. The molecule has 18 heavy (non-hydrogen) atoms. The first-order valence-electron chi connectivity index (χ1n) is 6.89. The summed E-state index contributed by atoms with van der Waals surface area (Å²) in [5.41, 5.74) is 1.23. The summed E-state index contributed by atoms with van der Waals surface area (Å²) >= 11 is 3.57. The van der Waals surface area contributed by atoms with E-state index in [9.17, 15) is 0 Å². The lowest BCUT2D eigenvalue weighted by atomic mass is 10.2. The molecule has 1 aromatic carbocycles.